The van der Waals surface area contributed by atoms with E-state index in [1.54, 1.807) is 0 Å². The van der Waals surface area contributed by atoms with E-state index in [-0.39, 0.29) is 63.8 Å². The van der Waals surface area contributed by atoms with Gasteiger partial charge >= 0.3 is 51.4 Å². The van der Waals surface area contributed by atoms with Crippen LogP contribution in [0, 0.1) is 0 Å². The van der Waals surface area contributed by atoms with Crippen LogP contribution in [0.2, 0.25) is 0 Å². The third-order valence-corrected chi connectivity index (χ3v) is 3.53. The van der Waals surface area contributed by atoms with Crippen molar-refractivity contribution in [1.82, 2.24) is 4.90 Å². The minimum atomic E-state index is -4.23. The van der Waals surface area contributed by atoms with Gasteiger partial charge in [-0.05, 0) is 6.42 Å². The Hall–Kier alpha value is 1.02. The molecule has 0 saturated heterocycles. The fraction of sp³-hybridized carbons (Fsp3) is 0.917. The van der Waals surface area contributed by atoms with E-state index in [1.807, 2.05) is 0 Å². The van der Waals surface area contributed by atoms with E-state index in [0.717, 1.165) is 19.3 Å². The molecule has 0 radical (unpaired) electrons. The van der Waals surface area contributed by atoms with Gasteiger partial charge in [-0.1, -0.05) is 39.0 Å². The van der Waals surface area contributed by atoms with E-state index in [1.165, 1.54) is 31.2 Å². The van der Waals surface area contributed by atoms with E-state index in [9.17, 15) is 17.8 Å². The largest absolute Gasteiger partial charge is 1.00 e. The van der Waals surface area contributed by atoms with Gasteiger partial charge in [-0.2, -0.15) is 0 Å². The summed E-state index contributed by atoms with van der Waals surface area (Å²) in [5.74, 6) is -0.597. The summed E-state index contributed by atoms with van der Waals surface area (Å²) in [6.07, 6.45) is 7.06. The molecule has 0 aliphatic heterocycles. The number of nitrogens with zero attached hydrogens (tertiary/aromatic N) is 1. The number of carbonyl (C=O) groups excluding carboxylic acids is 1. The van der Waals surface area contributed by atoms with Crippen LogP contribution in [-0.2, 0) is 14.9 Å². The molecular weight excluding hydrogens is 293 g/mol. The van der Waals surface area contributed by atoms with Crippen molar-refractivity contribution in [2.45, 2.75) is 51.9 Å². The first-order valence-electron chi connectivity index (χ1n) is 6.54. The van der Waals surface area contributed by atoms with Gasteiger partial charge in [0.1, 0.15) is 0 Å². The number of rotatable bonds is 10. The Labute approximate surface area is 159 Å². The van der Waals surface area contributed by atoms with E-state index in [0.29, 0.717) is 6.42 Å². The Kier molecular flexibility index (Phi) is 14.9. The molecule has 0 aliphatic carbocycles. The summed E-state index contributed by atoms with van der Waals surface area (Å²) in [4.78, 5) is 12.9. The van der Waals surface area contributed by atoms with Gasteiger partial charge < -0.3 is 9.45 Å². The van der Waals surface area contributed by atoms with E-state index in [4.69, 9.17) is 0 Å². The van der Waals surface area contributed by atoms with Gasteiger partial charge in [-0.25, -0.2) is 8.42 Å². The van der Waals surface area contributed by atoms with Crippen LogP contribution in [0.25, 0.3) is 0 Å². The van der Waals surface area contributed by atoms with Crippen molar-refractivity contribution in [2.24, 2.45) is 0 Å². The zero-order chi connectivity index (χ0) is 14.0. The predicted molar refractivity (Wildman–Crippen MR) is 70.2 cm³/mol. The average molecular weight is 317 g/mol. The van der Waals surface area contributed by atoms with Crippen molar-refractivity contribution < 1.29 is 69.1 Å². The number of amides is 1. The van der Waals surface area contributed by atoms with Crippen molar-refractivity contribution in [3.05, 3.63) is 0 Å². The Bertz CT molecular complexity index is 333. The zero-order valence-electron chi connectivity index (χ0n) is 12.4. The van der Waals surface area contributed by atoms with E-state index in [2.05, 4.69) is 6.92 Å². The van der Waals surface area contributed by atoms with Crippen LogP contribution < -0.4 is 51.4 Å². The summed E-state index contributed by atoms with van der Waals surface area (Å²) in [5.41, 5.74) is 0. The molecule has 108 valence electrons. The maximum absolute atomic E-state index is 11.6. The summed E-state index contributed by atoms with van der Waals surface area (Å²) in [5, 5.41) is 0. The molecule has 0 aliphatic rings. The topological polar surface area (TPSA) is 77.5 Å². The number of hydrogen-bond donors (Lipinski definition) is 0. The van der Waals surface area contributed by atoms with Gasteiger partial charge in [0.15, 0.2) is 0 Å². The number of unbranched alkanes of at least 4 members (excludes halogenated alkanes) is 5. The Morgan fingerprint density at radius 2 is 1.63 bits per heavy atom. The molecule has 0 N–H and O–H groups in total. The molecule has 0 saturated carbocycles. The van der Waals surface area contributed by atoms with Gasteiger partial charge in [-0.15, -0.1) is 0 Å². The van der Waals surface area contributed by atoms with Gasteiger partial charge in [-0.3, -0.25) is 4.79 Å². The smallest absolute Gasteiger partial charge is 0.748 e. The first kappa shape index (κ1) is 22.3. The van der Waals surface area contributed by atoms with Crippen LogP contribution in [0.5, 0.6) is 0 Å². The van der Waals surface area contributed by atoms with Crippen molar-refractivity contribution in [2.75, 3.05) is 19.3 Å². The fourth-order valence-electron chi connectivity index (χ4n) is 1.62. The number of hydrogen-bond acceptors (Lipinski definition) is 4. The van der Waals surface area contributed by atoms with Crippen LogP contribution in [0.1, 0.15) is 51.9 Å². The molecular formula is C12H24KNO4S. The molecule has 0 heterocycles. The first-order chi connectivity index (χ1) is 8.37. The van der Waals surface area contributed by atoms with Crippen molar-refractivity contribution in [3.63, 3.8) is 0 Å². The molecule has 1 amide bonds. The minimum absolute atomic E-state index is 0. The fourth-order valence-corrected chi connectivity index (χ4v) is 2.12. The quantitative estimate of drug-likeness (QED) is 0.286. The second-order valence-corrected chi connectivity index (χ2v) is 6.12. The van der Waals surface area contributed by atoms with E-state index >= 15 is 0 Å². The van der Waals surface area contributed by atoms with Crippen LogP contribution in [0.15, 0.2) is 0 Å². The maximum Gasteiger partial charge on any atom is 1.00 e. The third kappa shape index (κ3) is 15.2. The van der Waals surface area contributed by atoms with Gasteiger partial charge in [0.2, 0.25) is 5.91 Å². The van der Waals surface area contributed by atoms with Crippen LogP contribution in [0.3, 0.4) is 0 Å². The van der Waals surface area contributed by atoms with Gasteiger partial charge in [0.25, 0.3) is 0 Å². The van der Waals surface area contributed by atoms with Gasteiger partial charge in [0, 0.05) is 20.0 Å². The SMILES string of the molecule is CCCCCCCCC(=O)N(C)CCS(=O)(=O)[O-].[K+]. The second-order valence-electron chi connectivity index (χ2n) is 4.59. The van der Waals surface area contributed by atoms with Crippen LogP contribution >= 0.6 is 0 Å². The zero-order valence-corrected chi connectivity index (χ0v) is 16.3. The molecule has 0 unspecified atom stereocenters. The third-order valence-electron chi connectivity index (χ3n) is 2.85. The van der Waals surface area contributed by atoms with Crippen molar-refractivity contribution in [1.29, 1.82) is 0 Å². The van der Waals surface area contributed by atoms with Crippen LogP contribution in [-0.4, -0.2) is 43.1 Å². The Morgan fingerprint density at radius 1 is 1.11 bits per heavy atom. The molecule has 0 fully saturated rings. The van der Waals surface area contributed by atoms with Crippen molar-refractivity contribution >= 4 is 16.0 Å². The molecule has 0 aromatic carbocycles. The van der Waals surface area contributed by atoms with Gasteiger partial charge in [0.05, 0.1) is 15.9 Å². The Morgan fingerprint density at radius 3 is 2.16 bits per heavy atom. The Balaban J connectivity index is 0. The molecule has 0 rings (SSSR count). The summed E-state index contributed by atoms with van der Waals surface area (Å²) in [6, 6.07) is 0. The number of carbonyl (C=O) groups is 1. The second kappa shape index (κ2) is 12.7. The molecule has 0 aromatic rings. The summed E-state index contributed by atoms with van der Waals surface area (Å²) >= 11 is 0. The molecule has 0 spiro atoms. The monoisotopic (exact) mass is 317 g/mol. The normalized spacial score (nSPS) is 10.9. The first-order valence-corrected chi connectivity index (χ1v) is 8.12. The standard InChI is InChI=1S/C12H25NO4S.K/c1-3-4-5-6-7-8-9-12(14)13(2)10-11-18(15,16)17;/h3-11H2,1-2H3,(H,15,16,17);/q;+1/p-1. The van der Waals surface area contributed by atoms with Crippen molar-refractivity contribution in [3.8, 4) is 0 Å². The maximum atomic E-state index is 11.6. The molecule has 7 heteroatoms. The minimum Gasteiger partial charge on any atom is -0.748 e. The summed E-state index contributed by atoms with van der Waals surface area (Å²) in [7, 11) is -2.70. The molecule has 0 aromatic heterocycles. The summed E-state index contributed by atoms with van der Waals surface area (Å²) < 4.78 is 31.3. The van der Waals surface area contributed by atoms with E-state index < -0.39 is 15.9 Å². The summed E-state index contributed by atoms with van der Waals surface area (Å²) in [6.45, 7) is 2.14. The average Bonchev–Trinajstić information content (AvgIpc) is 2.29. The predicted octanol–water partition coefficient (Wildman–Crippen LogP) is -1.26. The van der Waals surface area contributed by atoms with Crippen LogP contribution in [0.4, 0.5) is 0 Å². The molecule has 0 bridgehead atoms. The molecule has 0 atom stereocenters. The molecule has 19 heavy (non-hydrogen) atoms. The molecule has 5 nitrogen and oxygen atoms in total.